The Morgan fingerprint density at radius 2 is 1.96 bits per heavy atom. The Morgan fingerprint density at radius 3 is 2.74 bits per heavy atom. The predicted molar refractivity (Wildman–Crippen MR) is 109 cm³/mol. The molecule has 0 aliphatic carbocycles. The highest BCUT2D eigenvalue weighted by Crippen LogP contribution is 2.29. The van der Waals surface area contributed by atoms with Crippen LogP contribution in [-0.2, 0) is 0 Å². The van der Waals surface area contributed by atoms with E-state index in [0.29, 0.717) is 0 Å². The number of aryl methyl sites for hydroxylation is 1. The highest BCUT2D eigenvalue weighted by molar-refractivity contribution is 7.12. The van der Waals surface area contributed by atoms with Crippen molar-refractivity contribution >= 4 is 23.2 Å². The van der Waals surface area contributed by atoms with Crippen molar-refractivity contribution in [3.63, 3.8) is 0 Å². The van der Waals surface area contributed by atoms with Crippen molar-refractivity contribution in [3.05, 3.63) is 64.6 Å². The van der Waals surface area contributed by atoms with E-state index in [9.17, 15) is 4.79 Å². The number of carbonyl (C=O) groups excluding carboxylic acids is 1. The Morgan fingerprint density at radius 1 is 1.19 bits per heavy atom. The number of hydrogen-bond acceptors (Lipinski definition) is 5. The lowest BCUT2D eigenvalue weighted by Crippen LogP contribution is -2.48. The Hall–Kier alpha value is -2.73. The molecule has 1 aromatic carbocycles. The minimum atomic E-state index is 0.00130. The minimum absolute atomic E-state index is 0.00130. The number of benzene rings is 1. The van der Waals surface area contributed by atoms with Gasteiger partial charge in [-0.05, 0) is 42.8 Å². The monoisotopic (exact) mass is 378 g/mol. The van der Waals surface area contributed by atoms with Gasteiger partial charge in [-0.3, -0.25) is 4.79 Å². The van der Waals surface area contributed by atoms with E-state index in [1.165, 1.54) is 16.9 Å². The van der Waals surface area contributed by atoms with Gasteiger partial charge in [-0.25, -0.2) is 9.97 Å². The lowest BCUT2D eigenvalue weighted by atomic mass is 10.0. The predicted octanol–water partition coefficient (Wildman–Crippen LogP) is 3.91. The molecular weight excluding hydrogens is 356 g/mol. The zero-order valence-electron chi connectivity index (χ0n) is 15.3. The van der Waals surface area contributed by atoms with E-state index in [4.69, 9.17) is 0 Å². The minimum Gasteiger partial charge on any atom is -0.347 e. The number of aromatic nitrogens is 2. The molecule has 0 spiro atoms. The number of rotatable bonds is 4. The fourth-order valence-electron chi connectivity index (χ4n) is 3.43. The second-order valence-corrected chi connectivity index (χ2v) is 7.75. The highest BCUT2D eigenvalue weighted by atomic mass is 32.1. The summed E-state index contributed by atoms with van der Waals surface area (Å²) in [5, 5.41) is 5.20. The van der Waals surface area contributed by atoms with E-state index in [0.717, 1.165) is 47.9 Å². The molecule has 5 nitrogen and oxygen atoms in total. The van der Waals surface area contributed by atoms with E-state index < -0.39 is 0 Å². The van der Waals surface area contributed by atoms with Crippen LogP contribution in [0.2, 0.25) is 0 Å². The number of anilines is 1. The molecule has 4 rings (SSSR count). The first-order valence-corrected chi connectivity index (χ1v) is 10.1. The van der Waals surface area contributed by atoms with E-state index in [2.05, 4.69) is 51.4 Å². The zero-order chi connectivity index (χ0) is 18.6. The summed E-state index contributed by atoms with van der Waals surface area (Å²) in [6, 6.07) is 12.2. The van der Waals surface area contributed by atoms with Crippen molar-refractivity contribution in [2.45, 2.75) is 25.8 Å². The second-order valence-electron chi connectivity index (χ2n) is 6.84. The number of carbonyl (C=O) groups is 1. The molecule has 1 atom stereocenters. The molecule has 1 amide bonds. The average Bonchev–Trinajstić information content (AvgIpc) is 3.19. The summed E-state index contributed by atoms with van der Waals surface area (Å²) in [6.07, 6.45) is 5.49. The van der Waals surface area contributed by atoms with Crippen LogP contribution in [0.3, 0.4) is 0 Å². The van der Waals surface area contributed by atoms with Crippen molar-refractivity contribution in [2.24, 2.45) is 0 Å². The summed E-state index contributed by atoms with van der Waals surface area (Å²) < 4.78 is 0. The van der Waals surface area contributed by atoms with Gasteiger partial charge in [0, 0.05) is 37.1 Å². The first kappa shape index (κ1) is 17.7. The summed E-state index contributed by atoms with van der Waals surface area (Å²) in [4.78, 5) is 24.5. The molecular formula is C21H22N4OS. The second kappa shape index (κ2) is 7.88. The normalized spacial score (nSPS) is 16.9. The number of thiophene rings is 1. The van der Waals surface area contributed by atoms with Crippen LogP contribution in [0.4, 0.5) is 5.95 Å². The van der Waals surface area contributed by atoms with Crippen molar-refractivity contribution in [1.29, 1.82) is 0 Å². The smallest absolute Gasteiger partial charge is 0.262 e. The third-order valence-electron chi connectivity index (χ3n) is 4.83. The molecule has 1 aliphatic heterocycles. The molecule has 0 radical (unpaired) electrons. The van der Waals surface area contributed by atoms with Crippen LogP contribution in [0.1, 0.15) is 28.1 Å². The fraction of sp³-hybridized carbons (Fsp3) is 0.286. The average molecular weight is 379 g/mol. The van der Waals surface area contributed by atoms with E-state index >= 15 is 0 Å². The van der Waals surface area contributed by atoms with Crippen LogP contribution in [0.25, 0.3) is 11.1 Å². The molecule has 27 heavy (non-hydrogen) atoms. The maximum atomic E-state index is 12.9. The third-order valence-corrected chi connectivity index (χ3v) is 5.74. The standard InChI is InChI=1S/C21H22N4OS/c1-15-5-7-16(8-6-15)18-9-13-27-19(18)20(26)24-17-4-2-12-25(14-17)21-22-10-3-11-23-21/h3,5-11,13,17H,2,4,12,14H2,1H3,(H,24,26). The highest BCUT2D eigenvalue weighted by Gasteiger charge is 2.24. The fourth-order valence-corrected chi connectivity index (χ4v) is 4.25. The van der Waals surface area contributed by atoms with Gasteiger partial charge < -0.3 is 10.2 Å². The van der Waals surface area contributed by atoms with Crippen molar-refractivity contribution in [2.75, 3.05) is 18.0 Å². The lowest BCUT2D eigenvalue weighted by molar-refractivity contribution is 0.0938. The molecule has 1 saturated heterocycles. The van der Waals surface area contributed by atoms with Gasteiger partial charge in [-0.1, -0.05) is 29.8 Å². The number of amides is 1. The Labute approximate surface area is 163 Å². The van der Waals surface area contributed by atoms with Crippen LogP contribution >= 0.6 is 11.3 Å². The summed E-state index contributed by atoms with van der Waals surface area (Å²) in [7, 11) is 0. The topological polar surface area (TPSA) is 58.1 Å². The van der Waals surface area contributed by atoms with E-state index in [-0.39, 0.29) is 11.9 Å². The van der Waals surface area contributed by atoms with Crippen LogP contribution in [0, 0.1) is 6.92 Å². The van der Waals surface area contributed by atoms with Gasteiger partial charge in [0.05, 0.1) is 4.88 Å². The summed E-state index contributed by atoms with van der Waals surface area (Å²) in [6.45, 7) is 3.72. The first-order valence-electron chi connectivity index (χ1n) is 9.18. The van der Waals surface area contributed by atoms with Crippen molar-refractivity contribution in [1.82, 2.24) is 15.3 Å². The van der Waals surface area contributed by atoms with Gasteiger partial charge in [0.15, 0.2) is 0 Å². The van der Waals surface area contributed by atoms with Gasteiger partial charge in [-0.15, -0.1) is 11.3 Å². The van der Waals surface area contributed by atoms with Crippen LogP contribution in [0.5, 0.6) is 0 Å². The molecule has 0 saturated carbocycles. The molecule has 1 unspecified atom stereocenters. The first-order chi connectivity index (χ1) is 13.2. The van der Waals surface area contributed by atoms with Gasteiger partial charge in [0.1, 0.15) is 0 Å². The molecule has 138 valence electrons. The van der Waals surface area contributed by atoms with Crippen LogP contribution in [-0.4, -0.2) is 35.0 Å². The quantitative estimate of drug-likeness (QED) is 0.748. The molecule has 1 fully saturated rings. The number of hydrogen-bond donors (Lipinski definition) is 1. The Balaban J connectivity index is 1.47. The molecule has 0 bridgehead atoms. The van der Waals surface area contributed by atoms with Crippen LogP contribution < -0.4 is 10.2 Å². The molecule has 3 aromatic rings. The van der Waals surface area contributed by atoms with Crippen molar-refractivity contribution < 1.29 is 4.79 Å². The largest absolute Gasteiger partial charge is 0.347 e. The molecule has 3 heterocycles. The molecule has 6 heteroatoms. The molecule has 1 aliphatic rings. The zero-order valence-corrected chi connectivity index (χ0v) is 16.1. The van der Waals surface area contributed by atoms with E-state index in [1.54, 1.807) is 12.4 Å². The van der Waals surface area contributed by atoms with Gasteiger partial charge in [0.25, 0.3) is 5.91 Å². The summed E-state index contributed by atoms with van der Waals surface area (Å²) in [5.74, 6) is 0.731. The molecule has 1 N–H and O–H groups in total. The van der Waals surface area contributed by atoms with Gasteiger partial charge in [-0.2, -0.15) is 0 Å². The Kier molecular flexibility index (Phi) is 5.16. The molecule has 2 aromatic heterocycles. The maximum absolute atomic E-state index is 12.9. The number of nitrogens with zero attached hydrogens (tertiary/aromatic N) is 3. The number of piperidine rings is 1. The number of nitrogens with one attached hydrogen (secondary N) is 1. The maximum Gasteiger partial charge on any atom is 0.262 e. The Bertz CT molecular complexity index is 907. The summed E-state index contributed by atoms with van der Waals surface area (Å²) >= 11 is 1.49. The SMILES string of the molecule is Cc1ccc(-c2ccsc2C(=O)NC2CCCN(c3ncccn3)C2)cc1. The van der Waals surface area contributed by atoms with Crippen molar-refractivity contribution in [3.8, 4) is 11.1 Å². The third kappa shape index (κ3) is 4.01. The van der Waals surface area contributed by atoms with Crippen LogP contribution in [0.15, 0.2) is 54.2 Å². The van der Waals surface area contributed by atoms with Gasteiger partial charge in [0.2, 0.25) is 5.95 Å². The van der Waals surface area contributed by atoms with Gasteiger partial charge >= 0.3 is 0 Å². The summed E-state index contributed by atoms with van der Waals surface area (Å²) in [5.41, 5.74) is 3.29. The lowest BCUT2D eigenvalue weighted by Gasteiger charge is -2.33. The van der Waals surface area contributed by atoms with E-state index in [1.807, 2.05) is 17.5 Å².